The molecule has 0 saturated heterocycles. The molecule has 0 bridgehead atoms. The number of rotatable bonds is 5. The fourth-order valence-corrected chi connectivity index (χ4v) is 4.16. The average Bonchev–Trinajstić information content (AvgIpc) is 2.92. The topological polar surface area (TPSA) is 87.0 Å². The van der Waals surface area contributed by atoms with E-state index < -0.39 is 10.0 Å². The van der Waals surface area contributed by atoms with E-state index in [1.807, 2.05) is 0 Å². The van der Waals surface area contributed by atoms with Crippen molar-refractivity contribution >= 4 is 32.8 Å². The number of hydrogen-bond acceptors (Lipinski definition) is 6. The molecule has 8 heteroatoms. The zero-order valence-electron chi connectivity index (χ0n) is 11.1. The van der Waals surface area contributed by atoms with E-state index in [2.05, 4.69) is 14.8 Å². The predicted octanol–water partition coefficient (Wildman–Crippen LogP) is 1.86. The summed E-state index contributed by atoms with van der Waals surface area (Å²) in [5.74, 6) is -0.363. The molecule has 0 radical (unpaired) electrons. The molecule has 1 unspecified atom stereocenters. The zero-order valence-corrected chi connectivity index (χ0v) is 12.8. The number of sulfonamides is 1. The molecule has 0 amide bonds. The lowest BCUT2D eigenvalue weighted by Gasteiger charge is -2.21. The Bertz CT molecular complexity index is 748. The molecule has 106 valence electrons. The van der Waals surface area contributed by atoms with Crippen LogP contribution in [-0.2, 0) is 10.0 Å². The molecule has 1 heterocycles. The van der Waals surface area contributed by atoms with E-state index in [0.29, 0.717) is 17.6 Å². The zero-order chi connectivity index (χ0) is 14.8. The number of hydrogen-bond donors (Lipinski definition) is 0. The Hall–Kier alpha value is -1.56. The van der Waals surface area contributed by atoms with Crippen molar-refractivity contribution < 1.29 is 8.42 Å². The van der Waals surface area contributed by atoms with Gasteiger partial charge in [0.25, 0.3) is 0 Å². The first-order valence-electron chi connectivity index (χ1n) is 6.11. The number of aromatic nitrogens is 2. The largest absolute Gasteiger partial charge is 0.245 e. The monoisotopic (exact) mass is 310 g/mol. The maximum Gasteiger partial charge on any atom is 0.245 e. The first-order chi connectivity index (χ1) is 9.50. The fourth-order valence-electron chi connectivity index (χ4n) is 1.87. The minimum Gasteiger partial charge on any atom is -0.207 e. The van der Waals surface area contributed by atoms with Crippen molar-refractivity contribution in [2.24, 2.45) is 5.92 Å². The van der Waals surface area contributed by atoms with Gasteiger partial charge >= 0.3 is 0 Å². The summed E-state index contributed by atoms with van der Waals surface area (Å²) in [4.78, 5) is 0.149. The van der Waals surface area contributed by atoms with Gasteiger partial charge in [0.05, 0.1) is 23.7 Å². The summed E-state index contributed by atoms with van der Waals surface area (Å²) >= 11 is 0.986. The van der Waals surface area contributed by atoms with Gasteiger partial charge in [-0.05, 0) is 19.1 Å². The van der Waals surface area contributed by atoms with E-state index in [4.69, 9.17) is 5.26 Å². The third kappa shape index (κ3) is 2.65. The summed E-state index contributed by atoms with van der Waals surface area (Å²) in [5.41, 5.74) is 0.959. The molecule has 0 aliphatic rings. The number of fused-ring (bicyclic) bond motifs is 1. The average molecular weight is 310 g/mol. The van der Waals surface area contributed by atoms with Gasteiger partial charge in [0.1, 0.15) is 15.9 Å². The molecule has 2 rings (SSSR count). The SMILES string of the molecule is CCN(CC(C)C#N)S(=O)(=O)c1cccc2nsnc12. The molecule has 0 fully saturated rings. The third-order valence-electron chi connectivity index (χ3n) is 2.92. The molecule has 0 N–H and O–H groups in total. The van der Waals surface area contributed by atoms with Crippen molar-refractivity contribution in [3.8, 4) is 6.07 Å². The summed E-state index contributed by atoms with van der Waals surface area (Å²) in [5, 5.41) is 8.86. The van der Waals surface area contributed by atoms with Crippen molar-refractivity contribution in [2.45, 2.75) is 18.7 Å². The third-order valence-corrected chi connectivity index (χ3v) is 5.43. The Kier molecular flexibility index (Phi) is 4.32. The Labute approximate surface area is 122 Å². The first-order valence-corrected chi connectivity index (χ1v) is 8.28. The van der Waals surface area contributed by atoms with Crippen LogP contribution in [0.2, 0.25) is 0 Å². The second kappa shape index (κ2) is 5.83. The van der Waals surface area contributed by atoms with Crippen molar-refractivity contribution in [2.75, 3.05) is 13.1 Å². The molecule has 1 aromatic carbocycles. The van der Waals surface area contributed by atoms with Crippen LogP contribution in [0, 0.1) is 17.2 Å². The highest BCUT2D eigenvalue weighted by molar-refractivity contribution is 7.89. The van der Waals surface area contributed by atoms with E-state index in [0.717, 1.165) is 11.7 Å². The summed E-state index contributed by atoms with van der Waals surface area (Å²) in [6.07, 6.45) is 0. The van der Waals surface area contributed by atoms with E-state index in [-0.39, 0.29) is 17.4 Å². The highest BCUT2D eigenvalue weighted by atomic mass is 32.2. The van der Waals surface area contributed by atoms with Crippen molar-refractivity contribution in [1.82, 2.24) is 13.1 Å². The lowest BCUT2D eigenvalue weighted by Crippen LogP contribution is -2.34. The van der Waals surface area contributed by atoms with Crippen LogP contribution in [0.1, 0.15) is 13.8 Å². The molecular weight excluding hydrogens is 296 g/mol. The van der Waals surface area contributed by atoms with Crippen LogP contribution < -0.4 is 0 Å². The van der Waals surface area contributed by atoms with E-state index in [1.165, 1.54) is 10.4 Å². The molecule has 1 aromatic heterocycles. The van der Waals surface area contributed by atoms with Gasteiger partial charge in [-0.3, -0.25) is 0 Å². The fraction of sp³-hybridized carbons (Fsp3) is 0.417. The predicted molar refractivity (Wildman–Crippen MR) is 76.6 cm³/mol. The maximum absolute atomic E-state index is 12.7. The van der Waals surface area contributed by atoms with E-state index in [9.17, 15) is 8.42 Å². The summed E-state index contributed by atoms with van der Waals surface area (Å²) in [6.45, 7) is 3.93. The number of benzene rings is 1. The molecule has 6 nitrogen and oxygen atoms in total. The van der Waals surface area contributed by atoms with Gasteiger partial charge in [0, 0.05) is 13.1 Å². The number of nitrogens with zero attached hydrogens (tertiary/aromatic N) is 4. The van der Waals surface area contributed by atoms with Crippen LogP contribution in [-0.4, -0.2) is 34.6 Å². The standard InChI is InChI=1S/C12H14N4O2S2/c1-3-16(8-9(2)7-13)20(17,18)11-6-4-5-10-12(11)15-19-14-10/h4-6,9H,3,8H2,1-2H3. The van der Waals surface area contributed by atoms with Gasteiger partial charge in [-0.2, -0.15) is 18.3 Å². The maximum atomic E-state index is 12.7. The van der Waals surface area contributed by atoms with Crippen molar-refractivity contribution in [3.63, 3.8) is 0 Å². The summed E-state index contributed by atoms with van der Waals surface area (Å²) in [7, 11) is -3.67. The van der Waals surface area contributed by atoms with Gasteiger partial charge in [0.2, 0.25) is 10.0 Å². The van der Waals surface area contributed by atoms with Gasteiger partial charge in [-0.25, -0.2) is 8.42 Å². The Morgan fingerprint density at radius 2 is 2.20 bits per heavy atom. The van der Waals surface area contributed by atoms with Gasteiger partial charge in [-0.1, -0.05) is 13.0 Å². The quantitative estimate of drug-likeness (QED) is 0.841. The van der Waals surface area contributed by atoms with Crippen LogP contribution in [0.5, 0.6) is 0 Å². The molecule has 1 atom stereocenters. The summed E-state index contributed by atoms with van der Waals surface area (Å²) in [6, 6.07) is 6.96. The minimum absolute atomic E-state index is 0.149. The molecule has 20 heavy (non-hydrogen) atoms. The van der Waals surface area contributed by atoms with E-state index >= 15 is 0 Å². The second-order valence-electron chi connectivity index (χ2n) is 4.37. The van der Waals surface area contributed by atoms with E-state index in [1.54, 1.807) is 26.0 Å². The minimum atomic E-state index is -3.67. The molecule has 0 aliphatic heterocycles. The molecular formula is C12H14N4O2S2. The normalized spacial score (nSPS) is 13.5. The Morgan fingerprint density at radius 3 is 2.85 bits per heavy atom. The highest BCUT2D eigenvalue weighted by Crippen LogP contribution is 2.24. The molecule has 2 aromatic rings. The van der Waals surface area contributed by atoms with Crippen molar-refractivity contribution in [3.05, 3.63) is 18.2 Å². The lowest BCUT2D eigenvalue weighted by atomic mass is 10.2. The lowest BCUT2D eigenvalue weighted by molar-refractivity contribution is 0.400. The Balaban J connectivity index is 2.48. The van der Waals surface area contributed by atoms with Gasteiger partial charge in [-0.15, -0.1) is 0 Å². The van der Waals surface area contributed by atoms with Crippen LogP contribution in [0.3, 0.4) is 0 Å². The van der Waals surface area contributed by atoms with Crippen molar-refractivity contribution in [1.29, 1.82) is 5.26 Å². The van der Waals surface area contributed by atoms with Gasteiger partial charge in [0.15, 0.2) is 0 Å². The second-order valence-corrected chi connectivity index (χ2v) is 6.81. The molecule has 0 saturated carbocycles. The van der Waals surface area contributed by atoms with Crippen LogP contribution >= 0.6 is 11.7 Å². The first kappa shape index (κ1) is 14.8. The molecule has 0 aliphatic carbocycles. The van der Waals surface area contributed by atoms with Crippen LogP contribution in [0.4, 0.5) is 0 Å². The molecule has 0 spiro atoms. The smallest absolute Gasteiger partial charge is 0.207 e. The van der Waals surface area contributed by atoms with Crippen LogP contribution in [0.25, 0.3) is 11.0 Å². The highest BCUT2D eigenvalue weighted by Gasteiger charge is 2.27. The summed E-state index contributed by atoms with van der Waals surface area (Å²) < 4.78 is 34.8. The van der Waals surface area contributed by atoms with Crippen LogP contribution in [0.15, 0.2) is 23.1 Å². The van der Waals surface area contributed by atoms with Gasteiger partial charge < -0.3 is 0 Å². The number of nitriles is 1. The Morgan fingerprint density at radius 1 is 1.45 bits per heavy atom.